The van der Waals surface area contributed by atoms with Crippen LogP contribution in [-0.2, 0) is 10.8 Å². The maximum atomic E-state index is 6.56. The van der Waals surface area contributed by atoms with Crippen LogP contribution in [-0.4, -0.2) is 0 Å². The second kappa shape index (κ2) is 16.5. The smallest absolute Gasteiger partial charge is 0.143 e. The Labute approximate surface area is 454 Å². The molecule has 2 nitrogen and oxygen atoms in total. The van der Waals surface area contributed by atoms with Crippen LogP contribution in [0.3, 0.4) is 0 Å². The molecule has 0 bridgehead atoms. The molecule has 0 aliphatic heterocycles. The maximum absolute atomic E-state index is 6.56. The first-order chi connectivity index (χ1) is 38.2. The molecule has 2 aliphatic carbocycles. The Morgan fingerprint density at radius 3 is 1.36 bits per heavy atom. The molecule has 13 aromatic carbocycles. The Kier molecular flexibility index (Phi) is 9.47. The number of para-hydroxylation sites is 2. The van der Waals surface area contributed by atoms with Gasteiger partial charge in [0.1, 0.15) is 11.2 Å². The Hall–Kier alpha value is -9.50. The number of benzene rings is 13. The zero-order chi connectivity index (χ0) is 52.0. The van der Waals surface area contributed by atoms with Gasteiger partial charge in [-0.05, 0) is 171 Å². The van der Waals surface area contributed by atoms with Gasteiger partial charge in [-0.3, -0.25) is 0 Å². The summed E-state index contributed by atoms with van der Waals surface area (Å²) in [5, 5.41) is 12.6. The van der Waals surface area contributed by atoms with Gasteiger partial charge in [-0.25, -0.2) is 0 Å². The number of nitrogens with zero attached hydrogens (tertiary/aromatic N) is 1. The highest BCUT2D eigenvalue weighted by molar-refractivity contribution is 6.26. The number of hydrogen-bond acceptors (Lipinski definition) is 2. The highest BCUT2D eigenvalue weighted by atomic mass is 16.3. The van der Waals surface area contributed by atoms with Crippen molar-refractivity contribution in [1.29, 1.82) is 0 Å². The molecule has 0 N–H and O–H groups in total. The number of hydrogen-bond donors (Lipinski definition) is 0. The summed E-state index contributed by atoms with van der Waals surface area (Å²) in [7, 11) is 0. The van der Waals surface area contributed by atoms with Crippen molar-refractivity contribution in [3.63, 3.8) is 0 Å². The van der Waals surface area contributed by atoms with Crippen LogP contribution in [0.5, 0.6) is 0 Å². The lowest BCUT2D eigenvalue weighted by Crippen LogP contribution is -2.18. The van der Waals surface area contributed by atoms with Crippen LogP contribution >= 0.6 is 0 Å². The predicted octanol–water partition coefficient (Wildman–Crippen LogP) is 21.3. The van der Waals surface area contributed by atoms with Gasteiger partial charge < -0.3 is 9.32 Å². The van der Waals surface area contributed by atoms with Crippen molar-refractivity contribution in [3.05, 3.63) is 271 Å². The summed E-state index contributed by atoms with van der Waals surface area (Å²) in [6, 6.07) is 92.4. The average molecular weight is 996 g/mol. The molecule has 2 heteroatoms. The predicted molar refractivity (Wildman–Crippen MR) is 330 cm³/mol. The molecule has 1 heterocycles. The van der Waals surface area contributed by atoms with E-state index in [1.165, 1.54) is 110 Å². The van der Waals surface area contributed by atoms with E-state index in [9.17, 15) is 0 Å². The first-order valence-corrected chi connectivity index (χ1v) is 27.4. The number of rotatable bonds is 6. The Morgan fingerprint density at radius 2 is 0.718 bits per heavy atom. The summed E-state index contributed by atoms with van der Waals surface area (Å²) in [6.45, 7) is 9.76. The molecule has 368 valence electrons. The van der Waals surface area contributed by atoms with Crippen molar-refractivity contribution in [2.24, 2.45) is 0 Å². The number of anilines is 3. The van der Waals surface area contributed by atoms with Crippen LogP contribution in [0.1, 0.15) is 49.9 Å². The third-order valence-corrected chi connectivity index (χ3v) is 17.8. The van der Waals surface area contributed by atoms with Crippen molar-refractivity contribution in [2.45, 2.75) is 38.5 Å². The molecule has 0 unspecified atom stereocenters. The lowest BCUT2D eigenvalue weighted by Gasteiger charge is -2.30. The summed E-state index contributed by atoms with van der Waals surface area (Å²) in [5.41, 5.74) is 22.5. The third-order valence-electron chi connectivity index (χ3n) is 17.8. The lowest BCUT2D eigenvalue weighted by molar-refractivity contribution is 0.652. The van der Waals surface area contributed by atoms with E-state index in [0.717, 1.165) is 50.1 Å². The van der Waals surface area contributed by atoms with E-state index in [0.29, 0.717) is 0 Å². The molecule has 0 amide bonds. The highest BCUT2D eigenvalue weighted by Gasteiger charge is 2.43. The normalized spacial score (nSPS) is 13.8. The fourth-order valence-electron chi connectivity index (χ4n) is 13.8. The standard InChI is InChI=1S/C76H53NO/c1-75(2)67-42-63-57-22-11-9-20-55(57)54-19-8-10-21-56(54)62(63)41-64(67)65-43-69-66(44-68(65)75)73-60-25-13-12-23-58(60)71(45-70(73)76(69,3)4)77(51-37-33-49(34-38-51)48-31-29-47(30-32-48)46-17-6-5-7-18-46)52-39-35-50(36-40-52)53-26-16-27-61-59-24-14-15-28-72(59)78-74(53)61/h5-45H,1-4H3. The quantitative estimate of drug-likeness (QED) is 0.154. The van der Waals surface area contributed by atoms with Crippen molar-refractivity contribution in [1.82, 2.24) is 0 Å². The zero-order valence-corrected chi connectivity index (χ0v) is 44.0. The Bertz CT molecular complexity index is 4810. The largest absolute Gasteiger partial charge is 0.455 e. The van der Waals surface area contributed by atoms with Crippen LogP contribution in [0.4, 0.5) is 17.1 Å². The summed E-state index contributed by atoms with van der Waals surface area (Å²) in [5.74, 6) is 0. The van der Waals surface area contributed by atoms with Crippen molar-refractivity contribution in [3.8, 4) is 55.6 Å². The van der Waals surface area contributed by atoms with Gasteiger partial charge >= 0.3 is 0 Å². The molecule has 0 saturated heterocycles. The second-order valence-electron chi connectivity index (χ2n) is 22.7. The molecule has 0 fully saturated rings. The average Bonchev–Trinajstić information content (AvgIpc) is 3.47. The Morgan fingerprint density at radius 1 is 0.282 bits per heavy atom. The summed E-state index contributed by atoms with van der Waals surface area (Å²) in [6.07, 6.45) is 0. The van der Waals surface area contributed by atoms with Crippen molar-refractivity contribution >= 4 is 82.1 Å². The molecule has 14 aromatic rings. The van der Waals surface area contributed by atoms with Crippen LogP contribution in [0.2, 0.25) is 0 Å². The van der Waals surface area contributed by atoms with E-state index in [-0.39, 0.29) is 10.8 Å². The Balaban J connectivity index is 0.857. The molecule has 0 radical (unpaired) electrons. The van der Waals surface area contributed by atoms with E-state index < -0.39 is 0 Å². The van der Waals surface area contributed by atoms with E-state index in [2.05, 4.69) is 275 Å². The third kappa shape index (κ3) is 6.44. The molecule has 0 spiro atoms. The minimum absolute atomic E-state index is 0.210. The molecule has 78 heavy (non-hydrogen) atoms. The van der Waals surface area contributed by atoms with Crippen LogP contribution < -0.4 is 4.90 Å². The first-order valence-electron chi connectivity index (χ1n) is 27.4. The van der Waals surface area contributed by atoms with Crippen LogP contribution in [0.15, 0.2) is 253 Å². The summed E-state index contributed by atoms with van der Waals surface area (Å²) in [4.78, 5) is 2.48. The monoisotopic (exact) mass is 995 g/mol. The van der Waals surface area contributed by atoms with Crippen molar-refractivity contribution < 1.29 is 4.42 Å². The molecule has 0 atom stereocenters. The molecular formula is C76H53NO. The van der Waals surface area contributed by atoms with Gasteiger partial charge in [-0.2, -0.15) is 0 Å². The van der Waals surface area contributed by atoms with Gasteiger partial charge in [-0.15, -0.1) is 0 Å². The number of furan rings is 1. The zero-order valence-electron chi connectivity index (χ0n) is 44.0. The SMILES string of the molecule is CC1(C)c2cc3c(cc2-c2cc4c5ccccc5c5ccccc5c4cc21)C(C)(C)c1cc(N(c2ccc(-c4ccc(-c5ccccc5)cc4)cc2)c2ccc(-c4cccc5c4oc4ccccc45)cc2)c2ccccc2c1-3. The molecular weight excluding hydrogens is 943 g/mol. The van der Waals surface area contributed by atoms with Crippen LogP contribution in [0.25, 0.3) is 121 Å². The lowest BCUT2D eigenvalue weighted by atomic mass is 9.79. The van der Waals surface area contributed by atoms with E-state index in [1.54, 1.807) is 0 Å². The second-order valence-corrected chi connectivity index (χ2v) is 22.7. The fraction of sp³-hybridized carbons (Fsp3) is 0.0789. The molecule has 16 rings (SSSR count). The highest BCUT2D eigenvalue weighted by Crippen LogP contribution is 2.60. The van der Waals surface area contributed by atoms with E-state index >= 15 is 0 Å². The summed E-state index contributed by atoms with van der Waals surface area (Å²) < 4.78 is 6.56. The van der Waals surface area contributed by atoms with E-state index in [4.69, 9.17) is 4.42 Å². The molecule has 0 saturated carbocycles. The topological polar surface area (TPSA) is 16.4 Å². The van der Waals surface area contributed by atoms with Crippen LogP contribution in [0, 0.1) is 0 Å². The number of fused-ring (bicyclic) bond motifs is 17. The maximum Gasteiger partial charge on any atom is 0.143 e. The van der Waals surface area contributed by atoms with Gasteiger partial charge in [0.25, 0.3) is 0 Å². The van der Waals surface area contributed by atoms with Gasteiger partial charge in [0, 0.05) is 43.9 Å². The van der Waals surface area contributed by atoms with E-state index in [1.807, 2.05) is 6.07 Å². The summed E-state index contributed by atoms with van der Waals surface area (Å²) >= 11 is 0. The van der Waals surface area contributed by atoms with Gasteiger partial charge in [-0.1, -0.05) is 216 Å². The van der Waals surface area contributed by atoms with Gasteiger partial charge in [0.05, 0.1) is 5.69 Å². The minimum atomic E-state index is -0.304. The minimum Gasteiger partial charge on any atom is -0.455 e. The van der Waals surface area contributed by atoms with Gasteiger partial charge in [0.15, 0.2) is 0 Å². The first kappa shape index (κ1) is 44.8. The molecule has 1 aromatic heterocycles. The fourth-order valence-corrected chi connectivity index (χ4v) is 13.8. The molecule has 2 aliphatic rings. The van der Waals surface area contributed by atoms with Crippen molar-refractivity contribution in [2.75, 3.05) is 4.90 Å². The van der Waals surface area contributed by atoms with Gasteiger partial charge in [0.2, 0.25) is 0 Å².